The summed E-state index contributed by atoms with van der Waals surface area (Å²) >= 11 is 0. The van der Waals surface area contributed by atoms with E-state index in [1.54, 1.807) is 17.6 Å². The normalized spacial score (nSPS) is 11.4. The number of carbonyl (C=O) groups excluding carboxylic acids is 2. The Kier molecular flexibility index (Phi) is 5.71. The summed E-state index contributed by atoms with van der Waals surface area (Å²) < 4.78 is 0. The lowest BCUT2D eigenvalue weighted by atomic mass is 10.1. The molecule has 3 amide bonds. The van der Waals surface area contributed by atoms with E-state index in [4.69, 9.17) is 5.21 Å². The molecule has 0 fully saturated rings. The van der Waals surface area contributed by atoms with Crippen molar-refractivity contribution in [3.63, 3.8) is 0 Å². The van der Waals surface area contributed by atoms with Crippen molar-refractivity contribution in [1.82, 2.24) is 10.8 Å². The van der Waals surface area contributed by atoms with Crippen molar-refractivity contribution < 1.29 is 14.8 Å². The molecule has 0 saturated heterocycles. The van der Waals surface area contributed by atoms with Crippen molar-refractivity contribution in [2.45, 2.75) is 19.4 Å². The zero-order valence-corrected chi connectivity index (χ0v) is 12.7. The second-order valence-corrected chi connectivity index (χ2v) is 5.18. The molecule has 0 aliphatic rings. The molecule has 4 N–H and O–H groups in total. The highest BCUT2D eigenvalue weighted by molar-refractivity contribution is 5.93. The number of aryl methyl sites for hydroxylation is 1. The average Bonchev–Trinajstić information content (AvgIpc) is 2.56. The van der Waals surface area contributed by atoms with Gasteiger partial charge in [0.15, 0.2) is 0 Å². The van der Waals surface area contributed by atoms with Crippen LogP contribution in [0, 0.1) is 6.92 Å². The van der Waals surface area contributed by atoms with Gasteiger partial charge in [-0.25, -0.2) is 10.3 Å². The van der Waals surface area contributed by atoms with Crippen molar-refractivity contribution in [2.24, 2.45) is 0 Å². The Morgan fingerprint density at radius 1 is 1.04 bits per heavy atom. The summed E-state index contributed by atoms with van der Waals surface area (Å²) in [5.74, 6) is -0.673. The first-order chi connectivity index (χ1) is 11.1. The van der Waals surface area contributed by atoms with Crippen LogP contribution in [0.2, 0.25) is 0 Å². The van der Waals surface area contributed by atoms with Gasteiger partial charge in [-0.3, -0.25) is 10.0 Å². The van der Waals surface area contributed by atoms with Crippen LogP contribution in [0.4, 0.5) is 10.5 Å². The Hall–Kier alpha value is -2.86. The molecule has 1 unspecified atom stereocenters. The minimum atomic E-state index is -0.882. The van der Waals surface area contributed by atoms with Gasteiger partial charge >= 0.3 is 6.03 Å². The van der Waals surface area contributed by atoms with E-state index >= 15 is 0 Å². The van der Waals surface area contributed by atoms with Crippen LogP contribution in [-0.2, 0) is 11.2 Å². The Morgan fingerprint density at radius 3 is 2.30 bits per heavy atom. The van der Waals surface area contributed by atoms with E-state index in [0.29, 0.717) is 5.69 Å². The number of hydroxylamine groups is 1. The number of urea groups is 1. The Labute approximate surface area is 134 Å². The van der Waals surface area contributed by atoms with Crippen LogP contribution in [0.3, 0.4) is 0 Å². The number of carbonyl (C=O) groups is 2. The maximum absolute atomic E-state index is 12.0. The highest BCUT2D eigenvalue weighted by Gasteiger charge is 2.20. The molecule has 2 aromatic carbocycles. The summed E-state index contributed by atoms with van der Waals surface area (Å²) in [6, 6.07) is 15.1. The van der Waals surface area contributed by atoms with Gasteiger partial charge in [-0.1, -0.05) is 48.0 Å². The molecular weight excluding hydrogens is 294 g/mol. The Morgan fingerprint density at radius 2 is 1.70 bits per heavy atom. The third-order valence-corrected chi connectivity index (χ3v) is 3.32. The van der Waals surface area contributed by atoms with Crippen LogP contribution < -0.4 is 16.1 Å². The number of nitrogens with one attached hydrogen (secondary N) is 3. The first kappa shape index (κ1) is 16.5. The fourth-order valence-electron chi connectivity index (χ4n) is 2.10. The van der Waals surface area contributed by atoms with E-state index in [-0.39, 0.29) is 6.42 Å². The van der Waals surface area contributed by atoms with Crippen LogP contribution in [0.1, 0.15) is 11.1 Å². The first-order valence-corrected chi connectivity index (χ1v) is 7.20. The maximum Gasteiger partial charge on any atom is 0.319 e. The Balaban J connectivity index is 2.00. The number of anilines is 1. The van der Waals surface area contributed by atoms with Crippen LogP contribution >= 0.6 is 0 Å². The standard InChI is InChI=1S/C17H19N3O3/c1-12-7-9-14(10-8-12)18-17(22)19-15(16(21)20-23)11-13-5-3-2-4-6-13/h2-10,15,23H,11H2,1H3,(H,20,21)(H2,18,19,22). The lowest BCUT2D eigenvalue weighted by Crippen LogP contribution is -2.48. The molecule has 0 bridgehead atoms. The molecule has 6 heteroatoms. The van der Waals surface area contributed by atoms with Crippen molar-refractivity contribution in [1.29, 1.82) is 0 Å². The molecule has 23 heavy (non-hydrogen) atoms. The van der Waals surface area contributed by atoms with Crippen LogP contribution in [0.5, 0.6) is 0 Å². The molecule has 0 aromatic heterocycles. The number of hydrogen-bond acceptors (Lipinski definition) is 3. The predicted molar refractivity (Wildman–Crippen MR) is 87.2 cm³/mol. The van der Waals surface area contributed by atoms with Crippen LogP contribution in [-0.4, -0.2) is 23.2 Å². The van der Waals surface area contributed by atoms with Crippen LogP contribution in [0.25, 0.3) is 0 Å². The molecule has 6 nitrogen and oxygen atoms in total. The fraction of sp³-hybridized carbons (Fsp3) is 0.176. The summed E-state index contributed by atoms with van der Waals surface area (Å²) in [6.07, 6.45) is 0.272. The molecule has 0 radical (unpaired) electrons. The third kappa shape index (κ3) is 5.12. The smallest absolute Gasteiger partial charge is 0.319 e. The maximum atomic E-state index is 12.0. The minimum Gasteiger partial charge on any atom is -0.326 e. The molecule has 0 spiro atoms. The summed E-state index contributed by atoms with van der Waals surface area (Å²) in [7, 11) is 0. The molecule has 2 aromatic rings. The molecule has 0 heterocycles. The largest absolute Gasteiger partial charge is 0.326 e. The fourth-order valence-corrected chi connectivity index (χ4v) is 2.10. The topological polar surface area (TPSA) is 90.5 Å². The van der Waals surface area contributed by atoms with Gasteiger partial charge < -0.3 is 10.6 Å². The minimum absolute atomic E-state index is 0.272. The van der Waals surface area contributed by atoms with E-state index in [1.165, 1.54) is 0 Å². The monoisotopic (exact) mass is 313 g/mol. The highest BCUT2D eigenvalue weighted by atomic mass is 16.5. The van der Waals surface area contributed by atoms with E-state index in [9.17, 15) is 9.59 Å². The second kappa shape index (κ2) is 7.95. The zero-order chi connectivity index (χ0) is 16.7. The molecule has 120 valence electrons. The first-order valence-electron chi connectivity index (χ1n) is 7.20. The average molecular weight is 313 g/mol. The molecule has 0 aliphatic carbocycles. The van der Waals surface area contributed by atoms with Gasteiger partial charge in [-0.05, 0) is 24.6 Å². The van der Waals surface area contributed by atoms with E-state index in [0.717, 1.165) is 11.1 Å². The van der Waals surface area contributed by atoms with Gasteiger partial charge in [-0.2, -0.15) is 0 Å². The lowest BCUT2D eigenvalue weighted by molar-refractivity contribution is -0.131. The van der Waals surface area contributed by atoms with Gasteiger partial charge in [-0.15, -0.1) is 0 Å². The lowest BCUT2D eigenvalue weighted by Gasteiger charge is -2.17. The van der Waals surface area contributed by atoms with E-state index in [1.807, 2.05) is 49.4 Å². The van der Waals surface area contributed by atoms with Gasteiger partial charge in [0.25, 0.3) is 5.91 Å². The number of amides is 3. The quantitative estimate of drug-likeness (QED) is 0.504. The van der Waals surface area contributed by atoms with Gasteiger partial charge in [0.1, 0.15) is 6.04 Å². The van der Waals surface area contributed by atoms with Gasteiger partial charge in [0, 0.05) is 12.1 Å². The highest BCUT2D eigenvalue weighted by Crippen LogP contribution is 2.09. The van der Waals surface area contributed by atoms with Crippen molar-refractivity contribution in [3.8, 4) is 0 Å². The van der Waals surface area contributed by atoms with Crippen molar-refractivity contribution >= 4 is 17.6 Å². The molecule has 2 rings (SSSR count). The molecule has 1 atom stereocenters. The predicted octanol–water partition coefficient (Wildman–Crippen LogP) is 2.23. The SMILES string of the molecule is Cc1ccc(NC(=O)NC(Cc2ccccc2)C(=O)NO)cc1. The van der Waals surface area contributed by atoms with Gasteiger partial charge in [0.05, 0.1) is 0 Å². The van der Waals surface area contributed by atoms with E-state index in [2.05, 4.69) is 10.6 Å². The Bertz CT molecular complexity index is 657. The molecule has 0 saturated carbocycles. The number of benzene rings is 2. The number of rotatable bonds is 5. The van der Waals surface area contributed by atoms with Crippen LogP contribution in [0.15, 0.2) is 54.6 Å². The summed E-state index contributed by atoms with van der Waals surface area (Å²) in [5.41, 5.74) is 4.15. The van der Waals surface area contributed by atoms with E-state index < -0.39 is 18.0 Å². The second-order valence-electron chi connectivity index (χ2n) is 5.18. The number of hydrogen-bond donors (Lipinski definition) is 4. The summed E-state index contributed by atoms with van der Waals surface area (Å²) in [5, 5.41) is 14.1. The van der Waals surface area contributed by atoms with Crippen molar-refractivity contribution in [3.05, 3.63) is 65.7 Å². The summed E-state index contributed by atoms with van der Waals surface area (Å²) in [6.45, 7) is 1.95. The van der Waals surface area contributed by atoms with Gasteiger partial charge in [0.2, 0.25) is 0 Å². The molecular formula is C17H19N3O3. The summed E-state index contributed by atoms with van der Waals surface area (Å²) in [4.78, 5) is 23.8. The molecule has 0 aliphatic heterocycles. The third-order valence-electron chi connectivity index (χ3n) is 3.32. The zero-order valence-electron chi connectivity index (χ0n) is 12.7. The van der Waals surface area contributed by atoms with Crippen molar-refractivity contribution in [2.75, 3.05) is 5.32 Å².